The van der Waals surface area contributed by atoms with E-state index < -0.39 is 5.91 Å². The first kappa shape index (κ1) is 24.4. The molecule has 0 atom stereocenters. The third-order valence-electron chi connectivity index (χ3n) is 4.63. The summed E-state index contributed by atoms with van der Waals surface area (Å²) < 4.78 is 0. The summed E-state index contributed by atoms with van der Waals surface area (Å²) in [5.74, 6) is -0.703. The lowest BCUT2D eigenvalue weighted by molar-refractivity contribution is 0.0949. The number of carbonyl (C=O) groups excluding carboxylic acids is 2. The lowest BCUT2D eigenvalue weighted by atomic mass is 10.1. The van der Waals surface area contributed by atoms with Gasteiger partial charge < -0.3 is 10.4 Å². The van der Waals surface area contributed by atoms with Gasteiger partial charge in [-0.1, -0.05) is 29.3 Å². The Balaban J connectivity index is 1.41. The number of halogens is 2. The van der Waals surface area contributed by atoms with Crippen molar-refractivity contribution in [3.63, 3.8) is 0 Å². The monoisotopic (exact) mass is 550 g/mol. The molecule has 34 heavy (non-hydrogen) atoms. The Morgan fingerprint density at radius 2 is 1.85 bits per heavy atom. The van der Waals surface area contributed by atoms with Gasteiger partial charge in [0.1, 0.15) is 5.75 Å². The summed E-state index contributed by atoms with van der Waals surface area (Å²) >= 11 is 15.9. The summed E-state index contributed by atoms with van der Waals surface area (Å²) in [6.45, 7) is 1.99. The van der Waals surface area contributed by atoms with Crippen LogP contribution in [-0.4, -0.2) is 27.6 Å². The lowest BCUT2D eigenvalue weighted by Crippen LogP contribution is -2.22. The number of benzene rings is 1. The smallest absolute Gasteiger partial charge is 0.281 e. The Labute approximate surface area is 216 Å². The number of nitrogens with one attached hydrogen (secondary N) is 2. The van der Waals surface area contributed by atoms with Gasteiger partial charge in [0.25, 0.3) is 11.8 Å². The SMILES string of the molecule is CC(=NNC(=O)c1ccc(C(=O)NCc2cscn2)s1)c1csc(-c2ccc(Cl)c(Cl)c2)c1O. The summed E-state index contributed by atoms with van der Waals surface area (Å²) in [5.41, 5.74) is 6.57. The van der Waals surface area contributed by atoms with Gasteiger partial charge in [0.2, 0.25) is 0 Å². The van der Waals surface area contributed by atoms with E-state index in [0.717, 1.165) is 22.6 Å². The van der Waals surface area contributed by atoms with Gasteiger partial charge in [0, 0.05) is 10.8 Å². The minimum absolute atomic E-state index is 0.0362. The highest BCUT2D eigenvalue weighted by molar-refractivity contribution is 7.16. The van der Waals surface area contributed by atoms with Gasteiger partial charge >= 0.3 is 0 Å². The number of hydrazone groups is 1. The third-order valence-corrected chi connectivity index (χ3v) is 8.10. The average Bonchev–Trinajstić information content (AvgIpc) is 3.58. The van der Waals surface area contributed by atoms with Crippen molar-refractivity contribution in [1.82, 2.24) is 15.7 Å². The van der Waals surface area contributed by atoms with Crippen molar-refractivity contribution in [1.29, 1.82) is 0 Å². The fraction of sp³-hybridized carbons (Fsp3) is 0.0909. The van der Waals surface area contributed by atoms with Crippen LogP contribution in [0.3, 0.4) is 0 Å². The van der Waals surface area contributed by atoms with Crippen molar-refractivity contribution in [2.45, 2.75) is 13.5 Å². The minimum Gasteiger partial charge on any atom is -0.506 e. The van der Waals surface area contributed by atoms with Crippen LogP contribution in [0.2, 0.25) is 10.0 Å². The maximum absolute atomic E-state index is 12.5. The molecule has 0 radical (unpaired) electrons. The first-order chi connectivity index (χ1) is 16.3. The minimum atomic E-state index is -0.456. The molecule has 1 aromatic carbocycles. The molecule has 0 unspecified atom stereocenters. The number of nitrogens with zero attached hydrogens (tertiary/aromatic N) is 2. The van der Waals surface area contributed by atoms with Crippen LogP contribution in [0.25, 0.3) is 10.4 Å². The van der Waals surface area contributed by atoms with Crippen molar-refractivity contribution in [2.24, 2.45) is 5.10 Å². The van der Waals surface area contributed by atoms with Crippen molar-refractivity contribution in [3.05, 3.63) is 77.7 Å². The molecule has 4 aromatic rings. The highest BCUT2D eigenvalue weighted by atomic mass is 35.5. The number of hydrogen-bond acceptors (Lipinski definition) is 8. The number of hydrogen-bond donors (Lipinski definition) is 3. The summed E-state index contributed by atoms with van der Waals surface area (Å²) in [6.07, 6.45) is 0. The molecule has 3 heterocycles. The van der Waals surface area contributed by atoms with Crippen LogP contribution < -0.4 is 10.7 Å². The highest BCUT2D eigenvalue weighted by Gasteiger charge is 2.17. The van der Waals surface area contributed by atoms with Crippen LogP contribution in [0.5, 0.6) is 5.75 Å². The Morgan fingerprint density at radius 3 is 2.56 bits per heavy atom. The predicted molar refractivity (Wildman–Crippen MR) is 139 cm³/mol. The second-order valence-electron chi connectivity index (χ2n) is 6.92. The maximum Gasteiger partial charge on any atom is 0.281 e. The van der Waals surface area contributed by atoms with Gasteiger partial charge in [-0.3, -0.25) is 9.59 Å². The van der Waals surface area contributed by atoms with Crippen LogP contribution in [0.15, 0.2) is 51.7 Å². The topological polar surface area (TPSA) is 104 Å². The van der Waals surface area contributed by atoms with Crippen LogP contribution in [0, 0.1) is 0 Å². The largest absolute Gasteiger partial charge is 0.506 e. The third kappa shape index (κ3) is 5.48. The molecule has 0 aliphatic rings. The Bertz CT molecular complexity index is 1380. The first-order valence-corrected chi connectivity index (χ1v) is 13.1. The predicted octanol–water partition coefficient (Wildman–Crippen LogP) is 6.03. The first-order valence-electron chi connectivity index (χ1n) is 9.69. The van der Waals surface area contributed by atoms with E-state index in [1.165, 1.54) is 22.7 Å². The molecule has 3 N–H and O–H groups in total. The van der Waals surface area contributed by atoms with Crippen LogP contribution >= 0.6 is 57.2 Å². The molecule has 0 aliphatic heterocycles. The number of thiazole rings is 1. The fourth-order valence-corrected chi connectivity index (χ4v) is 5.54. The van der Waals surface area contributed by atoms with Gasteiger partial charge in [-0.25, -0.2) is 10.4 Å². The molecule has 3 aromatic heterocycles. The Kier molecular flexibility index (Phi) is 7.64. The summed E-state index contributed by atoms with van der Waals surface area (Å²) in [7, 11) is 0. The van der Waals surface area contributed by atoms with E-state index in [9.17, 15) is 14.7 Å². The summed E-state index contributed by atoms with van der Waals surface area (Å²) in [4.78, 5) is 30.3. The average molecular weight is 552 g/mol. The van der Waals surface area contributed by atoms with Gasteiger partial charge in [-0.2, -0.15) is 5.10 Å². The molecule has 4 rings (SSSR count). The van der Waals surface area contributed by atoms with Crippen LogP contribution in [0.4, 0.5) is 0 Å². The van der Waals surface area contributed by atoms with E-state index in [0.29, 0.717) is 42.5 Å². The normalized spacial score (nSPS) is 11.4. The number of carbonyl (C=O) groups is 2. The molecular formula is C22H16Cl2N4O3S3. The van der Waals surface area contributed by atoms with E-state index in [2.05, 4.69) is 20.8 Å². The van der Waals surface area contributed by atoms with E-state index in [4.69, 9.17) is 23.2 Å². The molecule has 0 saturated heterocycles. The summed E-state index contributed by atoms with van der Waals surface area (Å²) in [5, 5.41) is 22.0. The van der Waals surface area contributed by atoms with E-state index in [-0.39, 0.29) is 11.7 Å². The maximum atomic E-state index is 12.5. The lowest BCUT2D eigenvalue weighted by Gasteiger charge is -2.04. The number of rotatable bonds is 7. The molecule has 0 bridgehead atoms. The van der Waals surface area contributed by atoms with Gasteiger partial charge in [0.05, 0.1) is 53.7 Å². The quantitative estimate of drug-likeness (QED) is 0.193. The van der Waals surface area contributed by atoms with Gasteiger partial charge in [0.15, 0.2) is 0 Å². The van der Waals surface area contributed by atoms with E-state index in [1.54, 1.807) is 48.1 Å². The molecule has 0 spiro atoms. The molecule has 2 amide bonds. The zero-order valence-electron chi connectivity index (χ0n) is 17.5. The zero-order chi connectivity index (χ0) is 24.2. The summed E-state index contributed by atoms with van der Waals surface area (Å²) in [6, 6.07) is 8.25. The molecular weight excluding hydrogens is 535 g/mol. The van der Waals surface area contributed by atoms with Crippen molar-refractivity contribution in [3.8, 4) is 16.2 Å². The van der Waals surface area contributed by atoms with Crippen molar-refractivity contribution < 1.29 is 14.7 Å². The van der Waals surface area contributed by atoms with E-state index in [1.807, 2.05) is 5.38 Å². The molecule has 0 saturated carbocycles. The molecule has 0 aliphatic carbocycles. The number of amides is 2. The number of thiophene rings is 2. The highest BCUT2D eigenvalue weighted by Crippen LogP contribution is 2.40. The number of aromatic hydroxyl groups is 1. The Morgan fingerprint density at radius 1 is 1.09 bits per heavy atom. The van der Waals surface area contributed by atoms with Gasteiger partial charge in [-0.05, 0) is 36.8 Å². The Hall–Kier alpha value is -2.76. The standard InChI is InChI=1S/C22H16Cl2N4O3S3/c1-11(14-9-33-20(19(14)29)12-2-3-15(23)16(24)6-12)27-28-22(31)18-5-4-17(34-18)21(30)25-7-13-8-32-10-26-13/h2-6,8-10,29H,7H2,1H3,(H,25,30)(H,28,31). The molecule has 12 heteroatoms. The van der Waals surface area contributed by atoms with Crippen LogP contribution in [-0.2, 0) is 6.54 Å². The zero-order valence-corrected chi connectivity index (χ0v) is 21.4. The molecule has 7 nitrogen and oxygen atoms in total. The molecule has 0 fully saturated rings. The van der Waals surface area contributed by atoms with E-state index >= 15 is 0 Å². The van der Waals surface area contributed by atoms with Crippen molar-refractivity contribution in [2.75, 3.05) is 0 Å². The van der Waals surface area contributed by atoms with Gasteiger partial charge in [-0.15, -0.1) is 34.0 Å². The second kappa shape index (κ2) is 10.7. The van der Waals surface area contributed by atoms with Crippen LogP contribution in [0.1, 0.15) is 37.5 Å². The fourth-order valence-electron chi connectivity index (χ4n) is 2.87. The van der Waals surface area contributed by atoms with Crippen molar-refractivity contribution >= 4 is 74.7 Å². The number of aromatic nitrogens is 1. The molecule has 174 valence electrons. The second-order valence-corrected chi connectivity index (χ2v) is 10.4.